The minimum atomic E-state index is -4.56. The third kappa shape index (κ3) is 4.41. The van der Waals surface area contributed by atoms with Crippen molar-refractivity contribution < 1.29 is 22.7 Å². The molecule has 1 atom stereocenters. The van der Waals surface area contributed by atoms with Crippen LogP contribution in [0.25, 0.3) is 0 Å². The molecule has 172 valence electrons. The van der Waals surface area contributed by atoms with Crippen LogP contribution in [-0.2, 0) is 17.5 Å². The van der Waals surface area contributed by atoms with Crippen LogP contribution in [0.5, 0.6) is 0 Å². The van der Waals surface area contributed by atoms with E-state index in [4.69, 9.17) is 10.5 Å². The number of halogens is 3. The Kier molecular flexibility index (Phi) is 6.32. The number of nitrogens with zero attached hydrogens (tertiary/aromatic N) is 1. The highest BCUT2D eigenvalue weighted by Gasteiger charge is 2.41. The third-order valence-corrected chi connectivity index (χ3v) is 6.58. The number of fused-ring (bicyclic) bond motifs is 1. The molecule has 0 saturated heterocycles. The van der Waals surface area contributed by atoms with Gasteiger partial charge < -0.3 is 15.4 Å². The van der Waals surface area contributed by atoms with E-state index in [0.29, 0.717) is 42.7 Å². The van der Waals surface area contributed by atoms with Crippen LogP contribution in [0.15, 0.2) is 36.4 Å². The molecule has 4 rings (SSSR count). The van der Waals surface area contributed by atoms with Gasteiger partial charge in [0.25, 0.3) is 5.91 Å². The van der Waals surface area contributed by atoms with Crippen LogP contribution in [0.1, 0.15) is 77.7 Å². The van der Waals surface area contributed by atoms with Crippen molar-refractivity contribution in [2.24, 2.45) is 11.7 Å². The summed E-state index contributed by atoms with van der Waals surface area (Å²) < 4.78 is 47.4. The van der Waals surface area contributed by atoms with Crippen molar-refractivity contribution in [2.75, 3.05) is 18.1 Å². The van der Waals surface area contributed by atoms with Crippen molar-refractivity contribution in [3.8, 4) is 0 Å². The lowest BCUT2D eigenvalue weighted by Gasteiger charge is -2.33. The highest BCUT2D eigenvalue weighted by Crippen LogP contribution is 2.44. The molecular weight excluding hydrogens is 417 g/mol. The second kappa shape index (κ2) is 8.87. The quantitative estimate of drug-likeness (QED) is 0.547. The number of alkyl halides is 3. The molecule has 32 heavy (non-hydrogen) atoms. The second-order valence-corrected chi connectivity index (χ2v) is 9.01. The molecule has 2 aromatic rings. The third-order valence-electron chi connectivity index (χ3n) is 6.58. The normalized spacial score (nSPS) is 21.4. The molecule has 2 N–H and O–H groups in total. The Labute approximate surface area is 186 Å². The first-order chi connectivity index (χ1) is 15.2. The van der Waals surface area contributed by atoms with Gasteiger partial charge >= 0.3 is 6.18 Å². The fourth-order valence-electron chi connectivity index (χ4n) is 4.69. The zero-order valence-corrected chi connectivity index (χ0v) is 18.4. The highest BCUT2D eigenvalue weighted by molar-refractivity contribution is 6.10. The maximum Gasteiger partial charge on any atom is 0.416 e. The Morgan fingerprint density at radius 3 is 2.62 bits per heavy atom. The van der Waals surface area contributed by atoms with Gasteiger partial charge in [0.15, 0.2) is 0 Å². The zero-order chi connectivity index (χ0) is 23.0. The van der Waals surface area contributed by atoms with Gasteiger partial charge in [-0.3, -0.25) is 4.79 Å². The van der Waals surface area contributed by atoms with E-state index in [0.717, 1.165) is 24.5 Å². The average Bonchev–Trinajstić information content (AvgIpc) is 3.07. The van der Waals surface area contributed by atoms with Gasteiger partial charge in [0.1, 0.15) is 0 Å². The van der Waals surface area contributed by atoms with E-state index >= 15 is 0 Å². The van der Waals surface area contributed by atoms with E-state index in [9.17, 15) is 18.0 Å². The summed E-state index contributed by atoms with van der Waals surface area (Å²) in [5, 5.41) is 0. The maximum absolute atomic E-state index is 13.9. The van der Waals surface area contributed by atoms with Gasteiger partial charge in [-0.05, 0) is 85.5 Å². The average molecular weight is 447 g/mol. The van der Waals surface area contributed by atoms with Crippen LogP contribution in [-0.4, -0.2) is 19.1 Å². The molecule has 1 fully saturated rings. The first kappa shape index (κ1) is 22.8. The number of anilines is 1. The standard InChI is InChI=1S/C25H29F3N2O2/c1-15-9-19(10-15)17-5-3-6-20(11-17)30-14-22-21(24(30)31)12-18(13-23(22)25(26,27)28)16(2)32-8-4-7-29/h3,5-6,11-13,15-16,19H,4,7-10,14,29H2,1-2H3. The van der Waals surface area contributed by atoms with Crippen LogP contribution in [0, 0.1) is 5.92 Å². The lowest BCUT2D eigenvalue weighted by Crippen LogP contribution is -2.24. The molecule has 0 spiro atoms. The van der Waals surface area contributed by atoms with Crippen LogP contribution in [0.2, 0.25) is 0 Å². The topological polar surface area (TPSA) is 55.6 Å². The van der Waals surface area contributed by atoms with Crippen molar-refractivity contribution in [2.45, 2.75) is 57.9 Å². The smallest absolute Gasteiger partial charge is 0.374 e. The molecule has 1 heterocycles. The minimum Gasteiger partial charge on any atom is -0.374 e. The molecule has 0 radical (unpaired) electrons. The Balaban J connectivity index is 1.66. The van der Waals surface area contributed by atoms with Gasteiger partial charge in [0, 0.05) is 17.9 Å². The van der Waals surface area contributed by atoms with Crippen LogP contribution < -0.4 is 10.6 Å². The fourth-order valence-corrected chi connectivity index (χ4v) is 4.69. The van der Waals surface area contributed by atoms with Gasteiger partial charge in [0.05, 0.1) is 18.2 Å². The van der Waals surface area contributed by atoms with E-state index in [1.165, 1.54) is 4.90 Å². The number of hydrogen-bond donors (Lipinski definition) is 1. The number of ether oxygens (including phenoxy) is 1. The fraction of sp³-hybridized carbons (Fsp3) is 0.480. The summed E-state index contributed by atoms with van der Waals surface area (Å²) in [6, 6.07) is 10.3. The molecule has 1 unspecified atom stereocenters. The lowest BCUT2D eigenvalue weighted by molar-refractivity contribution is -0.138. The second-order valence-electron chi connectivity index (χ2n) is 9.01. The molecule has 0 aromatic heterocycles. The Bertz CT molecular complexity index is 999. The van der Waals surface area contributed by atoms with E-state index in [1.54, 1.807) is 19.1 Å². The van der Waals surface area contributed by atoms with Gasteiger partial charge in [-0.25, -0.2) is 0 Å². The summed E-state index contributed by atoms with van der Waals surface area (Å²) >= 11 is 0. The Morgan fingerprint density at radius 1 is 1.22 bits per heavy atom. The zero-order valence-electron chi connectivity index (χ0n) is 18.4. The summed E-state index contributed by atoms with van der Waals surface area (Å²) in [5.41, 5.74) is 6.97. The number of hydrogen-bond acceptors (Lipinski definition) is 3. The molecule has 7 heteroatoms. The SMILES string of the molecule is CC1CC(c2cccc(N3Cc4c(cc(C(C)OCCCN)cc4C(F)(F)F)C3=O)c2)C1. The maximum atomic E-state index is 13.9. The molecule has 2 aliphatic rings. The number of carbonyl (C=O) groups excluding carboxylic acids is 1. The Morgan fingerprint density at radius 2 is 1.97 bits per heavy atom. The largest absolute Gasteiger partial charge is 0.416 e. The molecule has 1 aliphatic carbocycles. The van der Waals surface area contributed by atoms with E-state index in [2.05, 4.69) is 6.92 Å². The number of benzene rings is 2. The van der Waals surface area contributed by atoms with E-state index in [-0.39, 0.29) is 17.7 Å². The molecule has 4 nitrogen and oxygen atoms in total. The number of carbonyl (C=O) groups is 1. The summed E-state index contributed by atoms with van der Waals surface area (Å²) in [4.78, 5) is 14.7. The van der Waals surface area contributed by atoms with Crippen molar-refractivity contribution in [3.05, 3.63) is 64.2 Å². The predicted octanol–water partition coefficient (Wildman–Crippen LogP) is 5.81. The lowest BCUT2D eigenvalue weighted by atomic mass is 9.72. The van der Waals surface area contributed by atoms with Crippen LogP contribution >= 0.6 is 0 Å². The molecule has 1 saturated carbocycles. The van der Waals surface area contributed by atoms with E-state index < -0.39 is 23.8 Å². The number of rotatable bonds is 7. The monoisotopic (exact) mass is 446 g/mol. The minimum absolute atomic E-state index is 0.0306. The summed E-state index contributed by atoms with van der Waals surface area (Å²) in [7, 11) is 0. The first-order valence-electron chi connectivity index (χ1n) is 11.2. The van der Waals surface area contributed by atoms with Gasteiger partial charge in [-0.15, -0.1) is 0 Å². The molecular formula is C25H29F3N2O2. The number of amides is 1. The number of nitrogens with two attached hydrogens (primary N) is 1. The summed E-state index contributed by atoms with van der Waals surface area (Å²) in [6.45, 7) is 4.60. The first-order valence-corrected chi connectivity index (χ1v) is 11.2. The van der Waals surface area contributed by atoms with Crippen molar-refractivity contribution in [3.63, 3.8) is 0 Å². The van der Waals surface area contributed by atoms with Gasteiger partial charge in [-0.2, -0.15) is 13.2 Å². The molecule has 1 amide bonds. The van der Waals surface area contributed by atoms with Crippen molar-refractivity contribution in [1.29, 1.82) is 0 Å². The van der Waals surface area contributed by atoms with Crippen molar-refractivity contribution >= 4 is 11.6 Å². The van der Waals surface area contributed by atoms with Crippen molar-refractivity contribution in [1.82, 2.24) is 0 Å². The van der Waals surface area contributed by atoms with E-state index in [1.807, 2.05) is 18.2 Å². The van der Waals surface area contributed by atoms with Gasteiger partial charge in [0.2, 0.25) is 0 Å². The molecule has 0 bridgehead atoms. The summed E-state index contributed by atoms with van der Waals surface area (Å²) in [6.07, 6.45) is -2.32. The predicted molar refractivity (Wildman–Crippen MR) is 118 cm³/mol. The molecule has 2 aromatic carbocycles. The molecule has 1 aliphatic heterocycles. The van der Waals surface area contributed by atoms with Gasteiger partial charge in [-0.1, -0.05) is 19.1 Å². The highest BCUT2D eigenvalue weighted by atomic mass is 19.4. The van der Waals surface area contributed by atoms with Crippen LogP contribution in [0.3, 0.4) is 0 Å². The summed E-state index contributed by atoms with van der Waals surface area (Å²) in [5.74, 6) is 0.734. The van der Waals surface area contributed by atoms with Crippen LogP contribution in [0.4, 0.5) is 18.9 Å². The Hall–Kier alpha value is -2.38.